The van der Waals surface area contributed by atoms with Crippen LogP contribution in [-0.2, 0) is 11.3 Å². The molecule has 1 saturated heterocycles. The molecule has 0 aliphatic carbocycles. The van der Waals surface area contributed by atoms with Gasteiger partial charge in [-0.1, -0.05) is 18.2 Å². The van der Waals surface area contributed by atoms with Gasteiger partial charge in [0.1, 0.15) is 30.0 Å². The molecule has 24 heavy (non-hydrogen) atoms. The molecule has 0 aromatic heterocycles. The maximum absolute atomic E-state index is 13.2. The SMILES string of the molecule is COc1cccc(CN2CCOC(COc3cccc(F)c3)C2)c1. The molecule has 0 bridgehead atoms. The third-order valence-electron chi connectivity index (χ3n) is 4.00. The van der Waals surface area contributed by atoms with Crippen LogP contribution >= 0.6 is 0 Å². The number of hydrogen-bond donors (Lipinski definition) is 0. The molecule has 1 aliphatic rings. The second-order valence-corrected chi connectivity index (χ2v) is 5.85. The minimum atomic E-state index is -0.295. The van der Waals surface area contributed by atoms with Crippen LogP contribution in [0.4, 0.5) is 4.39 Å². The van der Waals surface area contributed by atoms with Gasteiger partial charge in [0, 0.05) is 25.7 Å². The van der Waals surface area contributed by atoms with Gasteiger partial charge in [0.25, 0.3) is 0 Å². The number of methoxy groups -OCH3 is 1. The maximum atomic E-state index is 13.2. The largest absolute Gasteiger partial charge is 0.497 e. The molecular weight excluding hydrogens is 309 g/mol. The molecule has 0 amide bonds. The van der Waals surface area contributed by atoms with Gasteiger partial charge in [-0.15, -0.1) is 0 Å². The van der Waals surface area contributed by atoms with Crippen molar-refractivity contribution < 1.29 is 18.6 Å². The van der Waals surface area contributed by atoms with Crippen LogP contribution in [0.5, 0.6) is 11.5 Å². The van der Waals surface area contributed by atoms with Gasteiger partial charge in [-0.05, 0) is 29.8 Å². The van der Waals surface area contributed by atoms with Crippen molar-refractivity contribution in [3.05, 3.63) is 59.9 Å². The van der Waals surface area contributed by atoms with Crippen molar-refractivity contribution >= 4 is 0 Å². The van der Waals surface area contributed by atoms with Gasteiger partial charge in [-0.25, -0.2) is 4.39 Å². The molecular formula is C19H22FNO3. The highest BCUT2D eigenvalue weighted by Gasteiger charge is 2.21. The van der Waals surface area contributed by atoms with Crippen LogP contribution in [0.2, 0.25) is 0 Å². The van der Waals surface area contributed by atoms with E-state index in [2.05, 4.69) is 11.0 Å². The van der Waals surface area contributed by atoms with Crippen LogP contribution in [0.3, 0.4) is 0 Å². The number of ether oxygens (including phenoxy) is 3. The Morgan fingerprint density at radius 1 is 1.17 bits per heavy atom. The fraction of sp³-hybridized carbons (Fsp3) is 0.368. The van der Waals surface area contributed by atoms with Crippen LogP contribution in [0, 0.1) is 5.82 Å². The molecule has 2 aromatic rings. The maximum Gasteiger partial charge on any atom is 0.126 e. The van der Waals surface area contributed by atoms with Gasteiger partial charge < -0.3 is 14.2 Å². The van der Waals surface area contributed by atoms with E-state index in [0.29, 0.717) is 19.0 Å². The molecule has 1 atom stereocenters. The predicted molar refractivity (Wildman–Crippen MR) is 89.9 cm³/mol. The third kappa shape index (κ3) is 4.69. The Labute approximate surface area is 141 Å². The highest BCUT2D eigenvalue weighted by molar-refractivity contribution is 5.28. The summed E-state index contributed by atoms with van der Waals surface area (Å²) in [6.45, 7) is 3.59. The number of morpholine rings is 1. The highest BCUT2D eigenvalue weighted by Crippen LogP contribution is 2.17. The van der Waals surface area contributed by atoms with E-state index in [1.54, 1.807) is 19.2 Å². The molecule has 1 fully saturated rings. The molecule has 1 unspecified atom stereocenters. The molecule has 4 nitrogen and oxygen atoms in total. The van der Waals surface area contributed by atoms with Crippen LogP contribution in [0.15, 0.2) is 48.5 Å². The smallest absolute Gasteiger partial charge is 0.126 e. The van der Waals surface area contributed by atoms with E-state index in [0.717, 1.165) is 25.4 Å². The predicted octanol–water partition coefficient (Wildman–Crippen LogP) is 3.11. The Balaban J connectivity index is 1.52. The standard InChI is InChI=1S/C19H22FNO3/c1-22-17-6-2-4-15(10-17)12-21-8-9-23-19(13-21)14-24-18-7-3-5-16(20)11-18/h2-7,10-11,19H,8-9,12-14H2,1H3. The van der Waals surface area contributed by atoms with Gasteiger partial charge in [-0.3, -0.25) is 4.90 Å². The van der Waals surface area contributed by atoms with Crippen LogP contribution in [-0.4, -0.2) is 44.4 Å². The van der Waals surface area contributed by atoms with Crippen molar-refractivity contribution in [2.45, 2.75) is 12.6 Å². The van der Waals surface area contributed by atoms with Gasteiger partial charge in [0.05, 0.1) is 13.7 Å². The van der Waals surface area contributed by atoms with E-state index >= 15 is 0 Å². The molecule has 1 aliphatic heterocycles. The lowest BCUT2D eigenvalue weighted by Gasteiger charge is -2.32. The Morgan fingerprint density at radius 3 is 2.83 bits per heavy atom. The van der Waals surface area contributed by atoms with Crippen molar-refractivity contribution in [3.63, 3.8) is 0 Å². The molecule has 0 N–H and O–H groups in total. The molecule has 1 heterocycles. The Hall–Kier alpha value is -2.11. The zero-order chi connectivity index (χ0) is 16.8. The summed E-state index contributed by atoms with van der Waals surface area (Å²) in [5, 5.41) is 0. The van der Waals surface area contributed by atoms with E-state index in [1.165, 1.54) is 17.7 Å². The van der Waals surface area contributed by atoms with Crippen molar-refractivity contribution in [2.24, 2.45) is 0 Å². The lowest BCUT2D eigenvalue weighted by atomic mass is 10.2. The molecule has 5 heteroatoms. The van der Waals surface area contributed by atoms with E-state index in [4.69, 9.17) is 14.2 Å². The number of rotatable bonds is 6. The van der Waals surface area contributed by atoms with Gasteiger partial charge in [0.15, 0.2) is 0 Å². The average Bonchev–Trinajstić information content (AvgIpc) is 2.61. The Kier molecular flexibility index (Phi) is 5.67. The molecule has 2 aromatic carbocycles. The first-order chi connectivity index (χ1) is 11.7. The first-order valence-corrected chi connectivity index (χ1v) is 8.08. The summed E-state index contributed by atoms with van der Waals surface area (Å²) in [7, 11) is 1.67. The Bertz CT molecular complexity index is 665. The highest BCUT2D eigenvalue weighted by atomic mass is 19.1. The summed E-state index contributed by atoms with van der Waals surface area (Å²) < 4.78 is 29.8. The van der Waals surface area contributed by atoms with Crippen molar-refractivity contribution in [1.29, 1.82) is 0 Å². The number of nitrogens with zero attached hydrogens (tertiary/aromatic N) is 1. The van der Waals surface area contributed by atoms with Gasteiger partial charge in [0.2, 0.25) is 0 Å². The van der Waals surface area contributed by atoms with Gasteiger partial charge >= 0.3 is 0 Å². The minimum absolute atomic E-state index is 0.0207. The van der Waals surface area contributed by atoms with Crippen molar-refractivity contribution in [1.82, 2.24) is 4.90 Å². The number of benzene rings is 2. The summed E-state index contributed by atoms with van der Waals surface area (Å²) in [5.74, 6) is 1.10. The monoisotopic (exact) mass is 331 g/mol. The topological polar surface area (TPSA) is 30.9 Å². The minimum Gasteiger partial charge on any atom is -0.497 e. The second-order valence-electron chi connectivity index (χ2n) is 5.85. The molecule has 3 rings (SSSR count). The summed E-state index contributed by atoms with van der Waals surface area (Å²) in [4.78, 5) is 2.33. The second kappa shape index (κ2) is 8.13. The average molecular weight is 331 g/mol. The fourth-order valence-corrected chi connectivity index (χ4v) is 2.80. The number of hydrogen-bond acceptors (Lipinski definition) is 4. The first-order valence-electron chi connectivity index (χ1n) is 8.08. The van der Waals surface area contributed by atoms with Crippen LogP contribution < -0.4 is 9.47 Å². The van der Waals surface area contributed by atoms with E-state index < -0.39 is 0 Å². The molecule has 0 spiro atoms. The molecule has 128 valence electrons. The molecule has 0 saturated carbocycles. The zero-order valence-electron chi connectivity index (χ0n) is 13.8. The zero-order valence-corrected chi connectivity index (χ0v) is 13.8. The lowest BCUT2D eigenvalue weighted by Crippen LogP contribution is -2.44. The normalized spacial score (nSPS) is 18.3. The third-order valence-corrected chi connectivity index (χ3v) is 4.00. The first kappa shape index (κ1) is 16.7. The summed E-state index contributed by atoms with van der Waals surface area (Å²) in [6.07, 6.45) is -0.0207. The van der Waals surface area contributed by atoms with Crippen molar-refractivity contribution in [3.8, 4) is 11.5 Å². The van der Waals surface area contributed by atoms with E-state index in [-0.39, 0.29) is 11.9 Å². The van der Waals surface area contributed by atoms with Crippen LogP contribution in [0.1, 0.15) is 5.56 Å². The molecule has 0 radical (unpaired) electrons. The van der Waals surface area contributed by atoms with Crippen molar-refractivity contribution in [2.75, 3.05) is 33.4 Å². The fourth-order valence-electron chi connectivity index (χ4n) is 2.80. The number of halogens is 1. The van der Waals surface area contributed by atoms with E-state index in [9.17, 15) is 4.39 Å². The van der Waals surface area contributed by atoms with E-state index in [1.807, 2.05) is 18.2 Å². The summed E-state index contributed by atoms with van der Waals surface area (Å²) in [5.41, 5.74) is 1.21. The van der Waals surface area contributed by atoms with Crippen LogP contribution in [0.25, 0.3) is 0 Å². The van der Waals surface area contributed by atoms with Gasteiger partial charge in [-0.2, -0.15) is 0 Å². The summed E-state index contributed by atoms with van der Waals surface area (Å²) >= 11 is 0. The quantitative estimate of drug-likeness (QED) is 0.814. The Morgan fingerprint density at radius 2 is 2.00 bits per heavy atom. The summed E-state index contributed by atoms with van der Waals surface area (Å²) in [6, 6.07) is 14.3. The lowest BCUT2D eigenvalue weighted by molar-refractivity contribution is -0.0504.